The van der Waals surface area contributed by atoms with E-state index in [1.54, 1.807) is 0 Å². The first-order valence-electron chi connectivity index (χ1n) is 3.50. The molecule has 1 aromatic rings. The lowest BCUT2D eigenvalue weighted by Crippen LogP contribution is -1.87. The molecule has 1 fully saturated rings. The van der Waals surface area contributed by atoms with Crippen LogP contribution in [0.1, 0.15) is 12.0 Å². The normalized spacial score (nSPS) is 21.6. The molecule has 0 aliphatic heterocycles. The summed E-state index contributed by atoms with van der Waals surface area (Å²) in [4.78, 5) is 0. The largest absolute Gasteiger partial charge is 0.0921 e. The van der Waals surface area contributed by atoms with Gasteiger partial charge in [-0.05, 0) is 12.0 Å². The smallest absolute Gasteiger partial charge is 0.0717 e. The Kier molecular flexibility index (Phi) is 1.84. The second-order valence-electron chi connectivity index (χ2n) is 2.73. The summed E-state index contributed by atoms with van der Waals surface area (Å²) in [5.74, 6) is 1.44. The fourth-order valence-electron chi connectivity index (χ4n) is 1.13. The van der Waals surface area contributed by atoms with E-state index in [0.717, 1.165) is 6.42 Å². The number of hydrogen-bond donors (Lipinski definition) is 0. The molecular weight excluding hydrogens is 268 g/mol. The number of alkyl halides is 2. The van der Waals surface area contributed by atoms with Gasteiger partial charge in [-0.2, -0.15) is 0 Å². The summed E-state index contributed by atoms with van der Waals surface area (Å²) in [5.41, 5.74) is 1.33. The van der Waals surface area contributed by atoms with E-state index in [1.165, 1.54) is 11.5 Å². The molecule has 2 heteroatoms. The molecule has 1 radical (unpaired) electrons. The molecule has 0 spiro atoms. The van der Waals surface area contributed by atoms with Gasteiger partial charge in [0.15, 0.2) is 0 Å². The van der Waals surface area contributed by atoms with Gasteiger partial charge in [-0.3, -0.25) is 0 Å². The summed E-state index contributed by atoms with van der Waals surface area (Å²) in [6.45, 7) is 0. The van der Waals surface area contributed by atoms with Crippen LogP contribution in [0.25, 0.3) is 0 Å². The molecule has 0 saturated heterocycles. The van der Waals surface area contributed by atoms with E-state index >= 15 is 0 Å². The standard InChI is InChI=1S/C9H7Br2/c10-9(11)6-8(9)7-4-2-1-3-5-7/h1-5H,6H2. The average Bonchev–Trinajstić information content (AvgIpc) is 2.62. The lowest BCUT2D eigenvalue weighted by atomic mass is 10.1. The molecule has 0 amide bonds. The Morgan fingerprint density at radius 3 is 2.09 bits per heavy atom. The van der Waals surface area contributed by atoms with Gasteiger partial charge in [0, 0.05) is 5.92 Å². The SMILES string of the molecule is BrC1(Br)C[C]1c1ccccc1. The van der Waals surface area contributed by atoms with Gasteiger partial charge < -0.3 is 0 Å². The van der Waals surface area contributed by atoms with Crippen LogP contribution in [-0.4, -0.2) is 3.23 Å². The summed E-state index contributed by atoms with van der Waals surface area (Å²) in [5, 5.41) is 0. The lowest BCUT2D eigenvalue weighted by molar-refractivity contribution is 1.41. The molecule has 0 bridgehead atoms. The fourth-order valence-corrected chi connectivity index (χ4v) is 2.15. The minimum absolute atomic E-state index is 0.112. The van der Waals surface area contributed by atoms with Crippen LogP contribution in [0.15, 0.2) is 30.3 Å². The molecule has 1 aliphatic carbocycles. The molecule has 57 valence electrons. The van der Waals surface area contributed by atoms with Crippen molar-refractivity contribution in [3.8, 4) is 0 Å². The van der Waals surface area contributed by atoms with E-state index in [9.17, 15) is 0 Å². The van der Waals surface area contributed by atoms with Crippen molar-refractivity contribution in [1.82, 2.24) is 0 Å². The van der Waals surface area contributed by atoms with Gasteiger partial charge in [0.05, 0.1) is 3.23 Å². The number of halogens is 2. The Hall–Kier alpha value is 0.180. The zero-order valence-electron chi connectivity index (χ0n) is 5.85. The molecule has 0 aromatic heterocycles. The van der Waals surface area contributed by atoms with Crippen molar-refractivity contribution < 1.29 is 0 Å². The maximum Gasteiger partial charge on any atom is 0.0921 e. The van der Waals surface area contributed by atoms with Crippen molar-refractivity contribution >= 4 is 31.9 Å². The molecule has 0 heterocycles. The summed E-state index contributed by atoms with van der Waals surface area (Å²) < 4.78 is 0.112. The predicted octanol–water partition coefficient (Wildman–Crippen LogP) is 3.50. The number of hydrogen-bond acceptors (Lipinski definition) is 0. The van der Waals surface area contributed by atoms with Crippen LogP contribution in [0.4, 0.5) is 0 Å². The van der Waals surface area contributed by atoms with Crippen molar-refractivity contribution in [1.29, 1.82) is 0 Å². The number of benzene rings is 1. The lowest BCUT2D eigenvalue weighted by Gasteiger charge is -1.98. The Morgan fingerprint density at radius 1 is 1.09 bits per heavy atom. The van der Waals surface area contributed by atoms with Gasteiger partial charge in [0.2, 0.25) is 0 Å². The highest BCUT2D eigenvalue weighted by Gasteiger charge is 2.51. The zero-order chi connectivity index (χ0) is 7.90. The van der Waals surface area contributed by atoms with E-state index in [1.807, 2.05) is 6.07 Å². The van der Waals surface area contributed by atoms with Crippen molar-refractivity contribution in [3.63, 3.8) is 0 Å². The first-order valence-corrected chi connectivity index (χ1v) is 5.08. The zero-order valence-corrected chi connectivity index (χ0v) is 9.02. The van der Waals surface area contributed by atoms with E-state index in [0.29, 0.717) is 0 Å². The first kappa shape index (κ1) is 7.81. The van der Waals surface area contributed by atoms with Gasteiger partial charge in [-0.25, -0.2) is 0 Å². The van der Waals surface area contributed by atoms with Crippen LogP contribution in [0, 0.1) is 5.92 Å². The Balaban J connectivity index is 2.21. The second kappa shape index (κ2) is 2.60. The van der Waals surface area contributed by atoms with Crippen molar-refractivity contribution in [2.75, 3.05) is 0 Å². The fraction of sp³-hybridized carbons (Fsp3) is 0.222. The van der Waals surface area contributed by atoms with E-state index in [-0.39, 0.29) is 3.23 Å². The molecule has 1 aromatic carbocycles. The van der Waals surface area contributed by atoms with Crippen LogP contribution < -0.4 is 0 Å². The summed E-state index contributed by atoms with van der Waals surface area (Å²) >= 11 is 7.14. The quantitative estimate of drug-likeness (QED) is 0.688. The van der Waals surface area contributed by atoms with E-state index in [4.69, 9.17) is 0 Å². The average molecular weight is 275 g/mol. The van der Waals surface area contributed by atoms with Gasteiger partial charge in [-0.1, -0.05) is 62.2 Å². The third-order valence-corrected chi connectivity index (χ3v) is 3.36. The number of rotatable bonds is 1. The van der Waals surface area contributed by atoms with Gasteiger partial charge in [-0.15, -0.1) is 0 Å². The van der Waals surface area contributed by atoms with Crippen molar-refractivity contribution in [2.24, 2.45) is 0 Å². The maximum absolute atomic E-state index is 3.57. The molecule has 0 N–H and O–H groups in total. The van der Waals surface area contributed by atoms with Crippen LogP contribution in [0.5, 0.6) is 0 Å². The minimum Gasteiger partial charge on any atom is -0.0717 e. The van der Waals surface area contributed by atoms with E-state index in [2.05, 4.69) is 56.1 Å². The second-order valence-corrected chi connectivity index (χ2v) is 6.50. The van der Waals surface area contributed by atoms with Gasteiger partial charge >= 0.3 is 0 Å². The Labute approximate surface area is 83.3 Å². The van der Waals surface area contributed by atoms with Gasteiger partial charge in [0.25, 0.3) is 0 Å². The monoisotopic (exact) mass is 273 g/mol. The molecule has 0 atom stereocenters. The minimum atomic E-state index is 0.112. The van der Waals surface area contributed by atoms with Crippen molar-refractivity contribution in [2.45, 2.75) is 9.65 Å². The molecule has 2 rings (SSSR count). The molecule has 0 nitrogen and oxygen atoms in total. The van der Waals surface area contributed by atoms with Crippen LogP contribution in [0.3, 0.4) is 0 Å². The topological polar surface area (TPSA) is 0 Å². The van der Waals surface area contributed by atoms with Crippen LogP contribution >= 0.6 is 31.9 Å². The van der Waals surface area contributed by atoms with Gasteiger partial charge in [0.1, 0.15) is 0 Å². The highest BCUT2D eigenvalue weighted by molar-refractivity contribution is 9.25. The first-order chi connectivity index (χ1) is 5.20. The summed E-state index contributed by atoms with van der Waals surface area (Å²) in [6.07, 6.45) is 1.11. The molecule has 1 saturated carbocycles. The van der Waals surface area contributed by atoms with Crippen LogP contribution in [0.2, 0.25) is 0 Å². The third-order valence-electron chi connectivity index (χ3n) is 1.84. The van der Waals surface area contributed by atoms with E-state index < -0.39 is 0 Å². The molecular formula is C9H7Br2. The predicted molar refractivity (Wildman–Crippen MR) is 54.0 cm³/mol. The molecule has 0 unspecified atom stereocenters. The molecule has 1 aliphatic rings. The molecule has 11 heavy (non-hydrogen) atoms. The third kappa shape index (κ3) is 1.52. The summed E-state index contributed by atoms with van der Waals surface area (Å²) in [7, 11) is 0. The Morgan fingerprint density at radius 2 is 1.64 bits per heavy atom. The summed E-state index contributed by atoms with van der Waals surface area (Å²) in [6, 6.07) is 10.4. The highest BCUT2D eigenvalue weighted by atomic mass is 79.9. The Bertz CT molecular complexity index is 254. The van der Waals surface area contributed by atoms with Crippen molar-refractivity contribution in [3.05, 3.63) is 41.8 Å². The highest BCUT2D eigenvalue weighted by Crippen LogP contribution is 2.61. The maximum atomic E-state index is 3.57. The van der Waals surface area contributed by atoms with Crippen LogP contribution in [-0.2, 0) is 0 Å².